The van der Waals surface area contributed by atoms with Gasteiger partial charge in [-0.1, -0.05) is 11.6 Å². The third kappa shape index (κ3) is 1.28. The van der Waals surface area contributed by atoms with Crippen LogP contribution in [0.4, 0.5) is 0 Å². The minimum atomic E-state index is -0.624. The van der Waals surface area contributed by atoms with Crippen molar-refractivity contribution in [1.82, 2.24) is 15.2 Å². The first kappa shape index (κ1) is 8.47. The van der Waals surface area contributed by atoms with E-state index in [0.29, 0.717) is 11.0 Å². The summed E-state index contributed by atoms with van der Waals surface area (Å²) in [6.45, 7) is 0. The Morgan fingerprint density at radius 3 is 2.92 bits per heavy atom. The molecule has 4 nitrogen and oxygen atoms in total. The molecule has 0 aliphatic rings. The number of pyridine rings is 1. The van der Waals surface area contributed by atoms with Crippen molar-refractivity contribution in [2.24, 2.45) is 0 Å². The molecule has 0 aromatic carbocycles. The second-order valence-electron chi connectivity index (χ2n) is 2.39. The van der Waals surface area contributed by atoms with Crippen molar-refractivity contribution in [2.75, 3.05) is 0 Å². The van der Waals surface area contributed by atoms with E-state index in [1.807, 2.05) is 0 Å². The lowest BCUT2D eigenvalue weighted by Gasteiger charge is -1.97. The second-order valence-corrected chi connectivity index (χ2v) is 3.11. The fourth-order valence-corrected chi connectivity index (χ4v) is 1.47. The number of hydrogen-bond acceptors (Lipinski definition) is 3. The van der Waals surface area contributed by atoms with Gasteiger partial charge in [-0.25, -0.2) is 4.98 Å². The highest BCUT2D eigenvalue weighted by atomic mass is 35.5. The van der Waals surface area contributed by atoms with Gasteiger partial charge in [0.1, 0.15) is 0 Å². The second kappa shape index (κ2) is 2.97. The maximum Gasteiger partial charge on any atom is 0.255 e. The van der Waals surface area contributed by atoms with Crippen molar-refractivity contribution in [2.45, 2.75) is 0 Å². The molecule has 0 radical (unpaired) electrons. The van der Waals surface area contributed by atoms with Crippen molar-refractivity contribution in [3.8, 4) is 0 Å². The predicted octanol–water partition coefficient (Wildman–Crippen LogP) is 1.99. The average Bonchev–Trinajstić information content (AvgIpc) is 2.52. The number of aromatic amines is 1. The highest BCUT2D eigenvalue weighted by Gasteiger charge is 2.12. The Morgan fingerprint density at radius 1 is 1.46 bits per heavy atom. The van der Waals surface area contributed by atoms with Crippen LogP contribution >= 0.6 is 23.2 Å². The van der Waals surface area contributed by atoms with Crippen LogP contribution < -0.4 is 0 Å². The van der Waals surface area contributed by atoms with Crippen molar-refractivity contribution < 1.29 is 4.79 Å². The zero-order valence-corrected chi connectivity index (χ0v) is 7.73. The lowest BCUT2D eigenvalue weighted by Crippen LogP contribution is -1.92. The first-order valence-corrected chi connectivity index (χ1v) is 4.13. The van der Waals surface area contributed by atoms with Crippen LogP contribution in [-0.2, 0) is 0 Å². The number of fused-ring (bicyclic) bond motifs is 1. The van der Waals surface area contributed by atoms with Crippen LogP contribution in [0.5, 0.6) is 0 Å². The van der Waals surface area contributed by atoms with Crippen LogP contribution in [-0.4, -0.2) is 20.4 Å². The number of carbonyl (C=O) groups is 1. The molecule has 0 saturated heterocycles. The molecule has 1 N–H and O–H groups in total. The minimum Gasteiger partial charge on any atom is -0.275 e. The van der Waals surface area contributed by atoms with E-state index < -0.39 is 5.24 Å². The molecule has 0 saturated carbocycles. The van der Waals surface area contributed by atoms with Crippen molar-refractivity contribution >= 4 is 39.5 Å². The van der Waals surface area contributed by atoms with Crippen LogP contribution in [0.1, 0.15) is 10.4 Å². The standard InChI is InChI=1S/C7H3Cl2N3O/c8-5-3(6(9)13)1-10-7-4(5)2-11-12-7/h1-2H,(H,10,11,12). The Hall–Kier alpha value is -1.13. The van der Waals surface area contributed by atoms with E-state index in [1.165, 1.54) is 12.4 Å². The van der Waals surface area contributed by atoms with Crippen molar-refractivity contribution in [1.29, 1.82) is 0 Å². The summed E-state index contributed by atoms with van der Waals surface area (Å²) in [5, 5.41) is 6.61. The molecule has 2 rings (SSSR count). The molecule has 0 amide bonds. The molecule has 2 aromatic heterocycles. The maximum absolute atomic E-state index is 10.8. The monoisotopic (exact) mass is 215 g/mol. The Bertz CT molecular complexity index is 480. The molecule has 0 fully saturated rings. The summed E-state index contributed by atoms with van der Waals surface area (Å²) in [5.74, 6) is 0. The fourth-order valence-electron chi connectivity index (χ4n) is 1.01. The topological polar surface area (TPSA) is 58.6 Å². The van der Waals surface area contributed by atoms with E-state index in [-0.39, 0.29) is 10.6 Å². The molecule has 0 aliphatic heterocycles. The van der Waals surface area contributed by atoms with Crippen LogP contribution in [0, 0.1) is 0 Å². The third-order valence-electron chi connectivity index (χ3n) is 1.63. The Labute approximate surface area is 82.9 Å². The van der Waals surface area contributed by atoms with Gasteiger partial charge in [-0.3, -0.25) is 9.89 Å². The lowest BCUT2D eigenvalue weighted by atomic mass is 10.2. The highest BCUT2D eigenvalue weighted by molar-refractivity contribution is 6.69. The summed E-state index contributed by atoms with van der Waals surface area (Å²) in [7, 11) is 0. The predicted molar refractivity (Wildman–Crippen MR) is 49.1 cm³/mol. The van der Waals surface area contributed by atoms with Gasteiger partial charge in [0.05, 0.1) is 22.2 Å². The smallest absolute Gasteiger partial charge is 0.255 e. The quantitative estimate of drug-likeness (QED) is 0.741. The molecule has 0 unspecified atom stereocenters. The van der Waals surface area contributed by atoms with Gasteiger partial charge in [0.2, 0.25) is 0 Å². The number of nitrogens with one attached hydrogen (secondary N) is 1. The summed E-state index contributed by atoms with van der Waals surface area (Å²) >= 11 is 11.2. The van der Waals surface area contributed by atoms with Crippen LogP contribution in [0.25, 0.3) is 11.0 Å². The molecule has 0 bridgehead atoms. The summed E-state index contributed by atoms with van der Waals surface area (Å²) in [4.78, 5) is 14.8. The van der Waals surface area contributed by atoms with Gasteiger partial charge in [0.15, 0.2) is 5.65 Å². The largest absolute Gasteiger partial charge is 0.275 e. The molecule has 2 aromatic rings. The van der Waals surface area contributed by atoms with E-state index in [1.54, 1.807) is 0 Å². The molecule has 66 valence electrons. The lowest BCUT2D eigenvalue weighted by molar-refractivity contribution is 0.108. The van der Waals surface area contributed by atoms with E-state index in [4.69, 9.17) is 23.2 Å². The molecule has 0 atom stereocenters. The highest BCUT2D eigenvalue weighted by Crippen LogP contribution is 2.24. The third-order valence-corrected chi connectivity index (χ3v) is 2.24. The van der Waals surface area contributed by atoms with E-state index in [9.17, 15) is 4.79 Å². The van der Waals surface area contributed by atoms with Crippen molar-refractivity contribution in [3.63, 3.8) is 0 Å². The maximum atomic E-state index is 10.8. The molecule has 13 heavy (non-hydrogen) atoms. The molecule has 0 spiro atoms. The average molecular weight is 216 g/mol. The fraction of sp³-hybridized carbons (Fsp3) is 0. The summed E-state index contributed by atoms with van der Waals surface area (Å²) in [6.07, 6.45) is 2.81. The molecule has 6 heteroatoms. The van der Waals surface area contributed by atoms with Crippen LogP contribution in [0.3, 0.4) is 0 Å². The van der Waals surface area contributed by atoms with E-state index in [2.05, 4.69) is 15.2 Å². The molecule has 0 aliphatic carbocycles. The van der Waals surface area contributed by atoms with Crippen molar-refractivity contribution in [3.05, 3.63) is 23.0 Å². The van der Waals surface area contributed by atoms with Crippen LogP contribution in [0.2, 0.25) is 5.02 Å². The van der Waals surface area contributed by atoms with Gasteiger partial charge in [0.25, 0.3) is 5.24 Å². The number of aromatic nitrogens is 3. The zero-order chi connectivity index (χ0) is 9.42. The van der Waals surface area contributed by atoms with Gasteiger partial charge in [0, 0.05) is 6.20 Å². The summed E-state index contributed by atoms with van der Waals surface area (Å²) in [6, 6.07) is 0. The normalized spacial score (nSPS) is 10.6. The number of rotatable bonds is 1. The van der Waals surface area contributed by atoms with Gasteiger partial charge >= 0.3 is 0 Å². The van der Waals surface area contributed by atoms with Gasteiger partial charge in [-0.2, -0.15) is 5.10 Å². The summed E-state index contributed by atoms with van der Waals surface area (Å²) < 4.78 is 0. The SMILES string of the molecule is O=C(Cl)c1cnc2[nH]ncc2c1Cl. The Balaban J connectivity index is 2.80. The first-order chi connectivity index (χ1) is 6.20. The molecular formula is C7H3Cl2N3O. The zero-order valence-electron chi connectivity index (χ0n) is 6.21. The van der Waals surface area contributed by atoms with E-state index >= 15 is 0 Å². The number of carbonyl (C=O) groups excluding carboxylic acids is 1. The van der Waals surface area contributed by atoms with Gasteiger partial charge in [-0.05, 0) is 11.6 Å². The van der Waals surface area contributed by atoms with Gasteiger partial charge in [-0.15, -0.1) is 0 Å². The molecule has 2 heterocycles. The minimum absolute atomic E-state index is 0.192. The summed E-state index contributed by atoms with van der Waals surface area (Å²) in [5.41, 5.74) is 0.726. The number of halogens is 2. The van der Waals surface area contributed by atoms with Gasteiger partial charge < -0.3 is 0 Å². The number of nitrogens with zero attached hydrogens (tertiary/aromatic N) is 2. The number of H-pyrrole nitrogens is 1. The first-order valence-electron chi connectivity index (χ1n) is 3.37. The van der Waals surface area contributed by atoms with Crippen LogP contribution in [0.15, 0.2) is 12.4 Å². The molecular weight excluding hydrogens is 213 g/mol. The Kier molecular flexibility index (Phi) is 1.94. The Morgan fingerprint density at radius 2 is 2.23 bits per heavy atom. The number of hydrogen-bond donors (Lipinski definition) is 1. The van der Waals surface area contributed by atoms with E-state index in [0.717, 1.165) is 0 Å².